The standard InChI is InChI=1S/C18H24N4OS/c1-22(11-17-12-24-13-20-17)10-14-3-2-4-16(9-14)21-18(23)15-5-7-19-8-6-15/h2-4,9,12-13,15,19H,5-8,10-11H2,1H3,(H,21,23). The Balaban J connectivity index is 1.56. The van der Waals surface area contributed by atoms with Crippen LogP contribution in [0.3, 0.4) is 0 Å². The topological polar surface area (TPSA) is 57.3 Å². The maximum absolute atomic E-state index is 12.4. The molecule has 2 N–H and O–H groups in total. The van der Waals surface area contributed by atoms with Crippen molar-refractivity contribution in [1.82, 2.24) is 15.2 Å². The molecule has 1 aromatic carbocycles. The molecule has 0 radical (unpaired) electrons. The highest BCUT2D eigenvalue weighted by atomic mass is 32.1. The third-order valence-electron chi connectivity index (χ3n) is 4.27. The molecule has 2 heterocycles. The van der Waals surface area contributed by atoms with Gasteiger partial charge in [-0.15, -0.1) is 11.3 Å². The number of hydrogen-bond acceptors (Lipinski definition) is 5. The van der Waals surface area contributed by atoms with E-state index in [0.717, 1.165) is 50.4 Å². The molecular formula is C18H24N4OS. The van der Waals surface area contributed by atoms with E-state index in [0.29, 0.717) is 0 Å². The van der Waals surface area contributed by atoms with E-state index in [1.54, 1.807) is 11.3 Å². The minimum Gasteiger partial charge on any atom is -0.326 e. The van der Waals surface area contributed by atoms with Crippen molar-refractivity contribution in [2.45, 2.75) is 25.9 Å². The summed E-state index contributed by atoms with van der Waals surface area (Å²) in [6.45, 7) is 3.52. The molecule has 0 saturated carbocycles. The Hall–Kier alpha value is -1.76. The van der Waals surface area contributed by atoms with Crippen LogP contribution in [0, 0.1) is 5.92 Å². The number of thiazole rings is 1. The Morgan fingerprint density at radius 2 is 2.21 bits per heavy atom. The highest BCUT2D eigenvalue weighted by molar-refractivity contribution is 7.07. The summed E-state index contributed by atoms with van der Waals surface area (Å²) in [6.07, 6.45) is 1.84. The van der Waals surface area contributed by atoms with Crippen molar-refractivity contribution in [3.8, 4) is 0 Å². The van der Waals surface area contributed by atoms with Crippen LogP contribution >= 0.6 is 11.3 Å². The van der Waals surface area contributed by atoms with E-state index < -0.39 is 0 Å². The van der Waals surface area contributed by atoms with Gasteiger partial charge in [-0.05, 0) is 50.7 Å². The molecule has 1 aliphatic rings. The molecule has 24 heavy (non-hydrogen) atoms. The zero-order chi connectivity index (χ0) is 16.8. The van der Waals surface area contributed by atoms with Gasteiger partial charge in [-0.25, -0.2) is 4.98 Å². The van der Waals surface area contributed by atoms with Crippen LogP contribution in [-0.4, -0.2) is 35.9 Å². The molecule has 0 atom stereocenters. The summed E-state index contributed by atoms with van der Waals surface area (Å²) in [7, 11) is 2.08. The lowest BCUT2D eigenvalue weighted by atomic mass is 9.97. The number of piperidine rings is 1. The van der Waals surface area contributed by atoms with Gasteiger partial charge in [0, 0.05) is 30.1 Å². The number of anilines is 1. The number of nitrogens with zero attached hydrogens (tertiary/aromatic N) is 2. The number of carbonyl (C=O) groups excluding carboxylic acids is 1. The average molecular weight is 344 g/mol. The fraction of sp³-hybridized carbons (Fsp3) is 0.444. The van der Waals surface area contributed by atoms with Crippen LogP contribution in [0.1, 0.15) is 24.1 Å². The van der Waals surface area contributed by atoms with Gasteiger partial charge in [-0.3, -0.25) is 9.69 Å². The first-order chi connectivity index (χ1) is 11.7. The molecule has 6 heteroatoms. The van der Waals surface area contributed by atoms with Crippen LogP contribution in [0.4, 0.5) is 5.69 Å². The van der Waals surface area contributed by atoms with E-state index in [4.69, 9.17) is 0 Å². The monoisotopic (exact) mass is 344 g/mol. The molecule has 1 aliphatic heterocycles. The number of nitrogens with one attached hydrogen (secondary N) is 2. The number of aromatic nitrogens is 1. The molecule has 1 saturated heterocycles. The van der Waals surface area contributed by atoms with Gasteiger partial charge >= 0.3 is 0 Å². The first-order valence-electron chi connectivity index (χ1n) is 8.37. The van der Waals surface area contributed by atoms with Crippen LogP contribution in [0.2, 0.25) is 0 Å². The fourth-order valence-corrected chi connectivity index (χ4v) is 3.59. The van der Waals surface area contributed by atoms with Crippen LogP contribution in [-0.2, 0) is 17.9 Å². The smallest absolute Gasteiger partial charge is 0.227 e. The van der Waals surface area contributed by atoms with Gasteiger partial charge in [-0.2, -0.15) is 0 Å². The summed E-state index contributed by atoms with van der Waals surface area (Å²) < 4.78 is 0. The summed E-state index contributed by atoms with van der Waals surface area (Å²) in [5.41, 5.74) is 5.03. The molecule has 0 spiro atoms. The number of rotatable bonds is 6. The Morgan fingerprint density at radius 1 is 1.38 bits per heavy atom. The highest BCUT2D eigenvalue weighted by Crippen LogP contribution is 2.17. The van der Waals surface area contributed by atoms with Gasteiger partial charge in [0.05, 0.1) is 11.2 Å². The molecule has 1 fully saturated rings. The molecule has 128 valence electrons. The molecule has 1 amide bonds. The SMILES string of the molecule is CN(Cc1cccc(NC(=O)C2CCNCC2)c1)Cc1cscn1. The second-order valence-electron chi connectivity index (χ2n) is 6.37. The minimum atomic E-state index is 0.127. The van der Waals surface area contributed by atoms with Crippen molar-refractivity contribution in [3.63, 3.8) is 0 Å². The van der Waals surface area contributed by atoms with Gasteiger partial charge < -0.3 is 10.6 Å². The Labute approximate surface area is 147 Å². The Bertz CT molecular complexity index is 653. The number of hydrogen-bond donors (Lipinski definition) is 2. The maximum atomic E-state index is 12.4. The molecule has 2 aromatic rings. The Kier molecular flexibility index (Phi) is 5.96. The summed E-state index contributed by atoms with van der Waals surface area (Å²) in [4.78, 5) is 18.9. The minimum absolute atomic E-state index is 0.127. The molecule has 5 nitrogen and oxygen atoms in total. The molecule has 0 unspecified atom stereocenters. The Morgan fingerprint density at radius 3 is 2.96 bits per heavy atom. The van der Waals surface area contributed by atoms with Crippen molar-refractivity contribution in [2.24, 2.45) is 5.92 Å². The lowest BCUT2D eigenvalue weighted by molar-refractivity contribution is -0.120. The maximum Gasteiger partial charge on any atom is 0.227 e. The third kappa shape index (κ3) is 4.87. The number of carbonyl (C=O) groups is 1. The van der Waals surface area contributed by atoms with Crippen molar-refractivity contribution in [1.29, 1.82) is 0 Å². The van der Waals surface area contributed by atoms with E-state index >= 15 is 0 Å². The van der Waals surface area contributed by atoms with Crippen molar-refractivity contribution in [3.05, 3.63) is 46.4 Å². The molecule has 0 aliphatic carbocycles. The quantitative estimate of drug-likeness (QED) is 0.846. The lowest BCUT2D eigenvalue weighted by Crippen LogP contribution is -2.34. The third-order valence-corrected chi connectivity index (χ3v) is 4.91. The molecule has 1 aromatic heterocycles. The first kappa shape index (κ1) is 17.1. The highest BCUT2D eigenvalue weighted by Gasteiger charge is 2.20. The number of amides is 1. The summed E-state index contributed by atoms with van der Waals surface area (Å²) in [6, 6.07) is 8.13. The van der Waals surface area contributed by atoms with Crippen molar-refractivity contribution in [2.75, 3.05) is 25.5 Å². The van der Waals surface area contributed by atoms with Gasteiger partial charge in [0.1, 0.15) is 0 Å². The lowest BCUT2D eigenvalue weighted by Gasteiger charge is -2.22. The summed E-state index contributed by atoms with van der Waals surface area (Å²) in [5, 5.41) is 8.44. The van der Waals surface area contributed by atoms with E-state index in [1.807, 2.05) is 17.6 Å². The van der Waals surface area contributed by atoms with E-state index in [2.05, 4.69) is 45.1 Å². The van der Waals surface area contributed by atoms with E-state index in [-0.39, 0.29) is 11.8 Å². The van der Waals surface area contributed by atoms with Crippen LogP contribution in [0.5, 0.6) is 0 Å². The van der Waals surface area contributed by atoms with Gasteiger partial charge in [-0.1, -0.05) is 12.1 Å². The predicted molar refractivity (Wildman–Crippen MR) is 98.0 cm³/mol. The normalized spacial score (nSPS) is 15.6. The largest absolute Gasteiger partial charge is 0.326 e. The van der Waals surface area contributed by atoms with Crippen LogP contribution < -0.4 is 10.6 Å². The zero-order valence-electron chi connectivity index (χ0n) is 14.0. The van der Waals surface area contributed by atoms with Gasteiger partial charge in [0.25, 0.3) is 0 Å². The molecule has 0 bridgehead atoms. The average Bonchev–Trinajstić information content (AvgIpc) is 3.08. The van der Waals surface area contributed by atoms with Crippen LogP contribution in [0.25, 0.3) is 0 Å². The van der Waals surface area contributed by atoms with E-state index in [9.17, 15) is 4.79 Å². The van der Waals surface area contributed by atoms with Crippen LogP contribution in [0.15, 0.2) is 35.2 Å². The van der Waals surface area contributed by atoms with Gasteiger partial charge in [0.15, 0.2) is 0 Å². The van der Waals surface area contributed by atoms with Crippen molar-refractivity contribution >= 4 is 22.9 Å². The summed E-state index contributed by atoms with van der Waals surface area (Å²) in [5.74, 6) is 0.270. The second kappa shape index (κ2) is 8.37. The predicted octanol–water partition coefficient (Wildman–Crippen LogP) is 2.71. The summed E-state index contributed by atoms with van der Waals surface area (Å²) >= 11 is 1.62. The van der Waals surface area contributed by atoms with E-state index in [1.165, 1.54) is 5.56 Å². The fourth-order valence-electron chi connectivity index (χ4n) is 3.04. The number of benzene rings is 1. The first-order valence-corrected chi connectivity index (χ1v) is 9.31. The van der Waals surface area contributed by atoms with Gasteiger partial charge in [0.2, 0.25) is 5.91 Å². The molecule has 3 rings (SSSR count). The van der Waals surface area contributed by atoms with Crippen molar-refractivity contribution < 1.29 is 4.79 Å². The zero-order valence-corrected chi connectivity index (χ0v) is 14.8. The second-order valence-corrected chi connectivity index (χ2v) is 7.08. The molecular weight excluding hydrogens is 320 g/mol.